The number of aromatic hydroxyl groups is 1. The van der Waals surface area contributed by atoms with Gasteiger partial charge < -0.3 is 10.0 Å². The minimum atomic E-state index is -0.706. The van der Waals surface area contributed by atoms with E-state index in [1.165, 1.54) is 28.4 Å². The number of allylic oxidation sites excluding steroid dienone is 2. The molecule has 330 valence electrons. The quantitative estimate of drug-likeness (QED) is 0.162. The van der Waals surface area contributed by atoms with Crippen molar-refractivity contribution in [2.45, 2.75) is 64.3 Å². The first kappa shape index (κ1) is 44.5. The van der Waals surface area contributed by atoms with Crippen molar-refractivity contribution in [3.05, 3.63) is 211 Å². The summed E-state index contributed by atoms with van der Waals surface area (Å²) in [7, 11) is 0. The number of nitrogens with zero attached hydrogens (tertiary/aromatic N) is 3. The number of para-hydroxylation sites is 2. The van der Waals surface area contributed by atoms with E-state index in [0.29, 0.717) is 22.5 Å². The van der Waals surface area contributed by atoms with Crippen LogP contribution >= 0.6 is 0 Å². The Hall–Kier alpha value is -6.68. The van der Waals surface area contributed by atoms with E-state index in [2.05, 4.69) is 162 Å². The Balaban J connectivity index is 0.00000548. The van der Waals surface area contributed by atoms with Crippen LogP contribution in [0.4, 0.5) is 15.8 Å². The van der Waals surface area contributed by atoms with Gasteiger partial charge in [0.05, 0.1) is 17.4 Å². The third-order valence-corrected chi connectivity index (χ3v) is 12.8. The number of halogens is 1. The van der Waals surface area contributed by atoms with Gasteiger partial charge >= 0.3 is 0 Å². The van der Waals surface area contributed by atoms with Crippen molar-refractivity contribution >= 4 is 11.4 Å². The van der Waals surface area contributed by atoms with Crippen LogP contribution in [0.3, 0.4) is 0 Å². The maximum absolute atomic E-state index is 15.8. The predicted octanol–water partition coefficient (Wildman–Crippen LogP) is 15.4. The van der Waals surface area contributed by atoms with Crippen molar-refractivity contribution in [3.63, 3.8) is 0 Å². The number of anilines is 2. The molecular formula is C60H51FN3OPt-. The zero-order chi connectivity index (χ0) is 45.0. The number of aromatic nitrogens is 2. The van der Waals surface area contributed by atoms with Gasteiger partial charge in [-0.3, -0.25) is 9.97 Å². The molecule has 66 heavy (non-hydrogen) atoms. The second-order valence-corrected chi connectivity index (χ2v) is 19.3. The molecule has 0 saturated heterocycles. The molecule has 0 amide bonds. The second kappa shape index (κ2) is 17.6. The summed E-state index contributed by atoms with van der Waals surface area (Å²) in [5.74, 6) is -0.908. The van der Waals surface area contributed by atoms with Gasteiger partial charge in [-0.05, 0) is 91.7 Å². The fraction of sp³-hybridized carbons (Fsp3) is 0.167. The van der Waals surface area contributed by atoms with E-state index in [1.54, 1.807) is 0 Å². The zero-order valence-corrected chi connectivity index (χ0v) is 40.2. The molecule has 1 aliphatic carbocycles. The van der Waals surface area contributed by atoms with Crippen LogP contribution in [0.1, 0.15) is 64.2 Å². The predicted molar refractivity (Wildman–Crippen MR) is 266 cm³/mol. The van der Waals surface area contributed by atoms with Gasteiger partial charge in [-0.15, -0.1) is 24.3 Å². The summed E-state index contributed by atoms with van der Waals surface area (Å²) in [4.78, 5) is 12.6. The van der Waals surface area contributed by atoms with E-state index in [0.717, 1.165) is 50.3 Å². The van der Waals surface area contributed by atoms with Crippen molar-refractivity contribution < 1.29 is 30.6 Å². The van der Waals surface area contributed by atoms with E-state index in [4.69, 9.17) is 9.97 Å². The van der Waals surface area contributed by atoms with Gasteiger partial charge in [0.25, 0.3) is 0 Å². The Morgan fingerprint density at radius 2 is 1.17 bits per heavy atom. The van der Waals surface area contributed by atoms with Crippen molar-refractivity contribution in [3.8, 4) is 72.9 Å². The maximum Gasteiger partial charge on any atom is 0.166 e. The Bertz CT molecular complexity index is 3130. The number of fused-ring (bicyclic) bond motifs is 3. The Labute approximate surface area is 402 Å². The zero-order valence-electron chi connectivity index (χ0n) is 38.0. The largest absolute Gasteiger partial charge is 0.504 e. The monoisotopic (exact) mass is 1040 g/mol. The van der Waals surface area contributed by atoms with Crippen LogP contribution in [-0.4, -0.2) is 21.1 Å². The first-order valence-electron chi connectivity index (χ1n) is 22.4. The average Bonchev–Trinajstić information content (AvgIpc) is 3.67. The topological polar surface area (TPSA) is 49.2 Å². The van der Waals surface area contributed by atoms with Crippen molar-refractivity contribution in [2.24, 2.45) is 0 Å². The smallest absolute Gasteiger partial charge is 0.166 e. The molecule has 0 bridgehead atoms. The van der Waals surface area contributed by atoms with Gasteiger partial charge in [0, 0.05) is 61.4 Å². The summed E-state index contributed by atoms with van der Waals surface area (Å²) in [6.07, 6.45) is 10.8. The van der Waals surface area contributed by atoms with E-state index in [1.807, 2.05) is 66.9 Å². The first-order chi connectivity index (χ1) is 31.3. The van der Waals surface area contributed by atoms with Crippen LogP contribution in [0.2, 0.25) is 0 Å². The summed E-state index contributed by atoms with van der Waals surface area (Å²) in [5.41, 5.74) is 15.2. The Kier molecular flexibility index (Phi) is 11.9. The van der Waals surface area contributed by atoms with Crippen molar-refractivity contribution in [1.82, 2.24) is 9.97 Å². The molecule has 8 aromatic rings. The molecule has 3 heterocycles. The standard InChI is InChI=1S/C60H51FN3O.Pt/c1-59(2,3)45-30-42(31-46(37-45)60(4,5)6)44-35-54(63-55(36-44)51-32-43(33-52(61)58(51)65)38-17-9-7-10-18-38)41-20-15-19-40(29-41)53-34-39(27-28-62-53)48-24-16-25-50-49-23-13-14-26-56(49)64(57(48)50)47-21-11-8-12-22-47;/h7-28,30-37,49,56,65H,1-6H3;/q-1;. The average molecular weight is 1040 g/mol. The van der Waals surface area contributed by atoms with Crippen LogP contribution in [-0.2, 0) is 31.9 Å². The van der Waals surface area contributed by atoms with Gasteiger partial charge in [0.2, 0.25) is 0 Å². The van der Waals surface area contributed by atoms with Gasteiger partial charge in [0.1, 0.15) is 0 Å². The van der Waals surface area contributed by atoms with E-state index in [-0.39, 0.29) is 43.9 Å². The number of hydrogen-bond donors (Lipinski definition) is 1. The molecule has 4 nitrogen and oxygen atoms in total. The molecule has 2 aliphatic rings. The molecule has 0 saturated carbocycles. The van der Waals surface area contributed by atoms with Crippen molar-refractivity contribution in [1.29, 1.82) is 0 Å². The van der Waals surface area contributed by atoms with Crippen molar-refractivity contribution in [2.75, 3.05) is 4.90 Å². The summed E-state index contributed by atoms with van der Waals surface area (Å²) >= 11 is 0. The Morgan fingerprint density at radius 1 is 0.561 bits per heavy atom. The molecule has 2 atom stereocenters. The first-order valence-corrected chi connectivity index (χ1v) is 22.4. The molecule has 10 rings (SSSR count). The number of hydrogen-bond acceptors (Lipinski definition) is 4. The van der Waals surface area contributed by atoms with Crippen LogP contribution in [0.25, 0.3) is 67.2 Å². The number of pyridine rings is 2. The van der Waals surface area contributed by atoms with Gasteiger partial charge in [-0.25, -0.2) is 4.39 Å². The summed E-state index contributed by atoms with van der Waals surface area (Å²) < 4.78 is 15.8. The molecule has 0 fully saturated rings. The number of phenols is 1. The molecular weight excluding hydrogens is 993 g/mol. The van der Waals surface area contributed by atoms with Gasteiger partial charge in [-0.2, -0.15) is 0 Å². The van der Waals surface area contributed by atoms with Crippen LogP contribution in [0, 0.1) is 11.9 Å². The Morgan fingerprint density at radius 3 is 1.88 bits per heavy atom. The molecule has 2 unspecified atom stereocenters. The number of phenolic OH excluding ortho intramolecular Hbond substituents is 1. The van der Waals surface area contributed by atoms with E-state index < -0.39 is 11.6 Å². The fourth-order valence-corrected chi connectivity index (χ4v) is 9.24. The van der Waals surface area contributed by atoms with Gasteiger partial charge in [-0.1, -0.05) is 174 Å². The molecule has 0 radical (unpaired) electrons. The van der Waals surface area contributed by atoms with Crippen LogP contribution in [0.15, 0.2) is 182 Å². The van der Waals surface area contributed by atoms with E-state index in [9.17, 15) is 5.11 Å². The third kappa shape index (κ3) is 8.49. The second-order valence-electron chi connectivity index (χ2n) is 19.3. The molecule has 1 N–H and O–H groups in total. The summed E-state index contributed by atoms with van der Waals surface area (Å²) in [5, 5.41) is 11.4. The normalized spacial score (nSPS) is 15.3. The summed E-state index contributed by atoms with van der Waals surface area (Å²) in [6, 6.07) is 55.1. The number of benzene rings is 6. The molecule has 6 aromatic carbocycles. The van der Waals surface area contributed by atoms with Crippen LogP contribution in [0.5, 0.6) is 5.75 Å². The summed E-state index contributed by atoms with van der Waals surface area (Å²) in [6.45, 7) is 13.4. The minimum Gasteiger partial charge on any atom is -0.504 e. The minimum absolute atomic E-state index is 0. The fourth-order valence-electron chi connectivity index (χ4n) is 9.24. The third-order valence-electron chi connectivity index (χ3n) is 12.8. The van der Waals surface area contributed by atoms with E-state index >= 15 is 4.39 Å². The molecule has 1 aliphatic heterocycles. The SMILES string of the molecule is CC(C)(C)c1cc(-c2cc(-c3[c-]c(-c4cc(-c5cccc6c5N(c5ccccc5)C5C=CC=CC65)ccn4)ccc3)nc(-c3cc(-c4ccccc4)cc(F)c3O)c2)cc(C(C)(C)C)c1.[Pt]. The molecule has 6 heteroatoms. The molecule has 0 spiro atoms. The van der Waals surface area contributed by atoms with Gasteiger partial charge in [0.15, 0.2) is 11.6 Å². The van der Waals surface area contributed by atoms with Crippen LogP contribution < -0.4 is 4.90 Å². The molecule has 2 aromatic heterocycles. The number of rotatable bonds is 7. The maximum atomic E-state index is 15.8.